The van der Waals surface area contributed by atoms with Crippen LogP contribution in [0.1, 0.15) is 39.0 Å². The largest absolute Gasteiger partial charge is 0.388 e. The molecule has 0 aromatic carbocycles. The molecule has 0 radical (unpaired) electrons. The van der Waals surface area contributed by atoms with Crippen molar-refractivity contribution in [3.8, 4) is 0 Å². The Hall–Kier alpha value is -0.570. The standard InChI is InChI=1S/C9H18N2O/c1-2-7(6-9(10)11)12-8-4-3-5-8/h7-8H,2-6H2,1H3,(H3,10,11). The SMILES string of the molecule is CCC(CC(=N)N)OC1CCC1. The van der Waals surface area contributed by atoms with E-state index in [2.05, 4.69) is 6.92 Å². The van der Waals surface area contributed by atoms with Crippen LogP contribution in [0.3, 0.4) is 0 Å². The summed E-state index contributed by atoms with van der Waals surface area (Å²) in [6.07, 6.45) is 5.84. The normalized spacial score (nSPS) is 20.1. The summed E-state index contributed by atoms with van der Waals surface area (Å²) in [6, 6.07) is 0. The molecule has 3 nitrogen and oxygen atoms in total. The molecule has 0 saturated heterocycles. The molecule has 12 heavy (non-hydrogen) atoms. The fraction of sp³-hybridized carbons (Fsp3) is 0.889. The maximum atomic E-state index is 7.15. The van der Waals surface area contributed by atoms with Gasteiger partial charge in [-0.25, -0.2) is 0 Å². The molecule has 1 atom stereocenters. The van der Waals surface area contributed by atoms with Crippen LogP contribution in [0.25, 0.3) is 0 Å². The zero-order chi connectivity index (χ0) is 8.97. The fourth-order valence-corrected chi connectivity index (χ4v) is 1.31. The maximum absolute atomic E-state index is 7.15. The van der Waals surface area contributed by atoms with E-state index in [9.17, 15) is 0 Å². The third-order valence-electron chi connectivity index (χ3n) is 2.34. The monoisotopic (exact) mass is 170 g/mol. The van der Waals surface area contributed by atoms with E-state index < -0.39 is 0 Å². The molecule has 0 aromatic heterocycles. The molecule has 0 spiro atoms. The molecular formula is C9H18N2O. The second-order valence-electron chi connectivity index (χ2n) is 3.45. The van der Waals surface area contributed by atoms with E-state index in [-0.39, 0.29) is 11.9 Å². The Morgan fingerprint density at radius 1 is 1.67 bits per heavy atom. The van der Waals surface area contributed by atoms with E-state index in [1.165, 1.54) is 19.3 Å². The van der Waals surface area contributed by atoms with Gasteiger partial charge in [-0.05, 0) is 25.7 Å². The van der Waals surface area contributed by atoms with E-state index in [0.717, 1.165) is 6.42 Å². The van der Waals surface area contributed by atoms with Gasteiger partial charge in [-0.2, -0.15) is 0 Å². The highest BCUT2D eigenvalue weighted by Crippen LogP contribution is 2.24. The van der Waals surface area contributed by atoms with E-state index in [1.54, 1.807) is 0 Å². The number of amidine groups is 1. The van der Waals surface area contributed by atoms with Gasteiger partial charge in [-0.3, -0.25) is 5.41 Å². The Balaban J connectivity index is 2.19. The van der Waals surface area contributed by atoms with Crippen LogP contribution in [0.15, 0.2) is 0 Å². The van der Waals surface area contributed by atoms with E-state index in [0.29, 0.717) is 12.5 Å². The molecule has 0 heterocycles. The van der Waals surface area contributed by atoms with Crippen molar-refractivity contribution in [3.63, 3.8) is 0 Å². The van der Waals surface area contributed by atoms with Crippen molar-refractivity contribution in [2.45, 2.75) is 51.2 Å². The number of nitrogens with one attached hydrogen (secondary N) is 1. The van der Waals surface area contributed by atoms with Gasteiger partial charge in [0.15, 0.2) is 0 Å². The first kappa shape index (κ1) is 9.52. The van der Waals surface area contributed by atoms with Crippen molar-refractivity contribution in [1.29, 1.82) is 5.41 Å². The molecule has 3 N–H and O–H groups in total. The number of ether oxygens (including phenoxy) is 1. The van der Waals surface area contributed by atoms with Crippen molar-refractivity contribution >= 4 is 5.84 Å². The number of nitrogens with two attached hydrogens (primary N) is 1. The zero-order valence-electron chi connectivity index (χ0n) is 7.68. The molecule has 1 aliphatic rings. The minimum Gasteiger partial charge on any atom is -0.388 e. The topological polar surface area (TPSA) is 59.1 Å². The van der Waals surface area contributed by atoms with Crippen LogP contribution in [0.2, 0.25) is 0 Å². The Morgan fingerprint density at radius 2 is 2.33 bits per heavy atom. The summed E-state index contributed by atoms with van der Waals surface area (Å²) >= 11 is 0. The first-order valence-corrected chi connectivity index (χ1v) is 4.70. The third kappa shape index (κ3) is 2.81. The molecule has 0 aromatic rings. The quantitative estimate of drug-likeness (QED) is 0.487. The molecule has 1 unspecified atom stereocenters. The van der Waals surface area contributed by atoms with Crippen molar-refractivity contribution in [3.05, 3.63) is 0 Å². The highest BCUT2D eigenvalue weighted by molar-refractivity contribution is 5.77. The summed E-state index contributed by atoms with van der Waals surface area (Å²) < 4.78 is 5.73. The van der Waals surface area contributed by atoms with E-state index >= 15 is 0 Å². The van der Waals surface area contributed by atoms with Gasteiger partial charge in [0.2, 0.25) is 0 Å². The van der Waals surface area contributed by atoms with Gasteiger partial charge in [0.05, 0.1) is 18.0 Å². The number of hydrogen-bond acceptors (Lipinski definition) is 2. The van der Waals surface area contributed by atoms with Crippen LogP contribution >= 0.6 is 0 Å². The Bertz CT molecular complexity index is 155. The number of rotatable bonds is 5. The second kappa shape index (κ2) is 4.45. The lowest BCUT2D eigenvalue weighted by atomic mass is 9.96. The van der Waals surface area contributed by atoms with Crippen LogP contribution in [-0.2, 0) is 4.74 Å². The lowest BCUT2D eigenvalue weighted by Gasteiger charge is -2.29. The highest BCUT2D eigenvalue weighted by atomic mass is 16.5. The summed E-state index contributed by atoms with van der Waals surface area (Å²) in [5.41, 5.74) is 5.31. The first-order chi connectivity index (χ1) is 5.72. The van der Waals surface area contributed by atoms with Crippen molar-refractivity contribution < 1.29 is 4.74 Å². The molecule has 1 rings (SSSR count). The fourth-order valence-electron chi connectivity index (χ4n) is 1.31. The van der Waals surface area contributed by atoms with Crippen molar-refractivity contribution in [1.82, 2.24) is 0 Å². The van der Waals surface area contributed by atoms with E-state index in [4.69, 9.17) is 15.9 Å². The minimum absolute atomic E-state index is 0.174. The second-order valence-corrected chi connectivity index (χ2v) is 3.45. The van der Waals surface area contributed by atoms with E-state index in [1.807, 2.05) is 0 Å². The summed E-state index contributed by atoms with van der Waals surface area (Å²) in [4.78, 5) is 0. The molecule has 0 amide bonds. The average molecular weight is 170 g/mol. The molecular weight excluding hydrogens is 152 g/mol. The first-order valence-electron chi connectivity index (χ1n) is 4.70. The summed E-state index contributed by atoms with van der Waals surface area (Å²) in [6.45, 7) is 2.08. The molecule has 3 heteroatoms. The van der Waals surface area contributed by atoms with Gasteiger partial charge < -0.3 is 10.5 Å². The van der Waals surface area contributed by atoms with Crippen molar-refractivity contribution in [2.75, 3.05) is 0 Å². The average Bonchev–Trinajstić information content (AvgIpc) is 1.93. The molecule has 70 valence electrons. The summed E-state index contributed by atoms with van der Waals surface area (Å²) in [7, 11) is 0. The van der Waals surface area contributed by atoms with Crippen molar-refractivity contribution in [2.24, 2.45) is 5.73 Å². The molecule has 1 aliphatic carbocycles. The molecule has 0 aliphatic heterocycles. The predicted octanol–water partition coefficient (Wildman–Crippen LogP) is 1.66. The van der Waals surface area contributed by atoms with Gasteiger partial charge in [0.1, 0.15) is 0 Å². The summed E-state index contributed by atoms with van der Waals surface area (Å²) in [5, 5.41) is 7.15. The van der Waals surface area contributed by atoms with Crippen LogP contribution in [0.5, 0.6) is 0 Å². The Kier molecular flexibility index (Phi) is 3.53. The smallest absolute Gasteiger partial charge is 0.0931 e. The van der Waals surface area contributed by atoms with Crippen LogP contribution in [0.4, 0.5) is 0 Å². The maximum Gasteiger partial charge on any atom is 0.0931 e. The Morgan fingerprint density at radius 3 is 2.67 bits per heavy atom. The van der Waals surface area contributed by atoms with Crippen LogP contribution in [-0.4, -0.2) is 18.0 Å². The van der Waals surface area contributed by atoms with Crippen LogP contribution < -0.4 is 5.73 Å². The molecule has 1 fully saturated rings. The minimum atomic E-state index is 0.174. The van der Waals surface area contributed by atoms with Gasteiger partial charge in [-0.1, -0.05) is 6.92 Å². The third-order valence-corrected chi connectivity index (χ3v) is 2.34. The molecule has 0 bridgehead atoms. The summed E-state index contributed by atoms with van der Waals surface area (Å²) in [5.74, 6) is 0.237. The van der Waals surface area contributed by atoms with Gasteiger partial charge in [0, 0.05) is 6.42 Å². The number of hydrogen-bond donors (Lipinski definition) is 2. The van der Waals surface area contributed by atoms with Gasteiger partial charge >= 0.3 is 0 Å². The predicted molar refractivity (Wildman–Crippen MR) is 49.3 cm³/mol. The lowest BCUT2D eigenvalue weighted by Crippen LogP contribution is -2.30. The Labute approximate surface area is 73.8 Å². The lowest BCUT2D eigenvalue weighted by molar-refractivity contribution is -0.0491. The molecule has 1 saturated carbocycles. The highest BCUT2D eigenvalue weighted by Gasteiger charge is 2.21. The zero-order valence-corrected chi connectivity index (χ0v) is 7.68. The van der Waals surface area contributed by atoms with Gasteiger partial charge in [0.25, 0.3) is 0 Å². The van der Waals surface area contributed by atoms with Gasteiger partial charge in [-0.15, -0.1) is 0 Å². The van der Waals surface area contributed by atoms with Crippen LogP contribution in [0, 0.1) is 5.41 Å².